The number of esters is 1. The van der Waals surface area contributed by atoms with E-state index in [2.05, 4.69) is 38.3 Å². The number of thiocarbonyl (C=S) groups is 2. The van der Waals surface area contributed by atoms with E-state index < -0.39 is 18.5 Å². The van der Waals surface area contributed by atoms with Gasteiger partial charge in [-0.25, -0.2) is 0 Å². The second-order valence-corrected chi connectivity index (χ2v) is 10.4. The van der Waals surface area contributed by atoms with E-state index in [1.165, 1.54) is 6.92 Å². The van der Waals surface area contributed by atoms with Crippen LogP contribution in [-0.2, 0) is 23.7 Å². The molecule has 10 atom stereocenters. The molecule has 2 saturated heterocycles. The smallest absolute Gasteiger partial charge is 0.305 e. The molecular weight excluding hydrogens is 448 g/mol. The van der Waals surface area contributed by atoms with Gasteiger partial charge in [-0.1, -0.05) is 59.1 Å². The molecule has 7 nitrogen and oxygen atoms in total. The Morgan fingerprint density at radius 3 is 1.78 bits per heavy atom. The summed E-state index contributed by atoms with van der Waals surface area (Å²) in [5.41, 5.74) is 0. The van der Waals surface area contributed by atoms with Crippen molar-refractivity contribution < 1.29 is 23.7 Å². The normalized spacial score (nSPS) is 39.8. The fourth-order valence-corrected chi connectivity index (χ4v) is 5.10. The first-order chi connectivity index (χ1) is 15.0. The van der Waals surface area contributed by atoms with Crippen molar-refractivity contribution in [2.45, 2.75) is 111 Å². The molecule has 0 aliphatic carbocycles. The van der Waals surface area contributed by atoms with Crippen LogP contribution in [-0.4, -0.2) is 58.9 Å². The van der Waals surface area contributed by atoms with Crippen LogP contribution in [0, 0.1) is 17.8 Å². The lowest BCUT2D eigenvalue weighted by molar-refractivity contribution is -0.305. The van der Waals surface area contributed by atoms with Crippen LogP contribution in [0.5, 0.6) is 0 Å². The number of rotatable bonds is 7. The predicted molar refractivity (Wildman–Crippen MR) is 132 cm³/mol. The minimum atomic E-state index is -0.739. The average molecular weight is 489 g/mol. The molecule has 2 aliphatic heterocycles. The van der Waals surface area contributed by atoms with Crippen molar-refractivity contribution in [2.24, 2.45) is 17.8 Å². The second kappa shape index (κ2) is 12.0. The van der Waals surface area contributed by atoms with Crippen molar-refractivity contribution in [3.05, 3.63) is 0 Å². The molecule has 2 fully saturated rings. The Morgan fingerprint density at radius 2 is 1.31 bits per heavy atom. The summed E-state index contributed by atoms with van der Waals surface area (Å²) in [6, 6.07) is -0.398. The van der Waals surface area contributed by atoms with E-state index in [9.17, 15) is 4.79 Å². The third-order valence-corrected chi connectivity index (χ3v) is 6.99. The monoisotopic (exact) mass is 488 g/mol. The Kier molecular flexibility index (Phi) is 10.3. The molecule has 32 heavy (non-hydrogen) atoms. The molecule has 0 aromatic carbocycles. The third kappa shape index (κ3) is 6.59. The first-order valence-electron chi connectivity index (χ1n) is 11.7. The number of carbonyl (C=O) groups excluding carboxylic acids is 1. The van der Waals surface area contributed by atoms with Gasteiger partial charge in [0.05, 0.1) is 40.4 Å². The van der Waals surface area contributed by atoms with E-state index in [0.29, 0.717) is 28.2 Å². The number of carbonyl (C=O) groups is 1. The van der Waals surface area contributed by atoms with Gasteiger partial charge in [0.25, 0.3) is 0 Å². The molecular formula is C23H40N2O5S2. The highest BCUT2D eigenvalue weighted by Crippen LogP contribution is 2.37. The van der Waals surface area contributed by atoms with Crippen molar-refractivity contribution in [2.75, 3.05) is 0 Å². The molecule has 2 aliphatic rings. The molecule has 0 radical (unpaired) electrons. The van der Waals surface area contributed by atoms with E-state index >= 15 is 0 Å². The Bertz CT molecular complexity index is 679. The van der Waals surface area contributed by atoms with Gasteiger partial charge in [0.1, 0.15) is 0 Å². The summed E-state index contributed by atoms with van der Waals surface area (Å²) >= 11 is 10.6. The van der Waals surface area contributed by atoms with Gasteiger partial charge in [0.2, 0.25) is 6.29 Å². The standard InChI is InChI=1S/C23H40N2O5S2/c1-9-17-11(3)12(4)19(24-14(6)31)23(28-17)30-21-13(5)20(25-15(7)32)22(27-16(8)26)29-18(21)10-2/h11-13,17-23H,9-10H2,1-8H3,(H,24,31)(H,25,32)/t11-,12-,13?,17?,18?,19?,20+,21+,22?,23-/m0/s1. The van der Waals surface area contributed by atoms with Gasteiger partial charge in [0, 0.05) is 12.8 Å². The van der Waals surface area contributed by atoms with E-state index in [0.717, 1.165) is 6.42 Å². The fourth-order valence-electron chi connectivity index (χ4n) is 4.83. The van der Waals surface area contributed by atoms with Crippen molar-refractivity contribution in [1.29, 1.82) is 0 Å². The van der Waals surface area contributed by atoms with Gasteiger partial charge in [-0.05, 0) is 38.5 Å². The highest BCUT2D eigenvalue weighted by molar-refractivity contribution is 7.80. The molecule has 184 valence electrons. The molecule has 2 N–H and O–H groups in total. The third-order valence-electron chi connectivity index (χ3n) is 6.76. The maximum Gasteiger partial charge on any atom is 0.305 e. The Labute approximate surface area is 203 Å². The fraction of sp³-hybridized carbons (Fsp3) is 0.870. The number of nitrogens with one attached hydrogen (secondary N) is 2. The molecule has 0 spiro atoms. The van der Waals surface area contributed by atoms with Gasteiger partial charge in [0.15, 0.2) is 6.29 Å². The van der Waals surface area contributed by atoms with Crippen LogP contribution in [0.4, 0.5) is 0 Å². The van der Waals surface area contributed by atoms with Gasteiger partial charge >= 0.3 is 5.97 Å². The summed E-state index contributed by atoms with van der Waals surface area (Å²) < 4.78 is 24.8. The zero-order valence-electron chi connectivity index (χ0n) is 20.5. The largest absolute Gasteiger partial charge is 0.434 e. The lowest BCUT2D eigenvalue weighted by atomic mass is 9.81. The lowest BCUT2D eigenvalue weighted by Crippen LogP contribution is -2.64. The molecule has 0 saturated carbocycles. The molecule has 5 unspecified atom stereocenters. The van der Waals surface area contributed by atoms with E-state index in [-0.39, 0.29) is 36.3 Å². The summed E-state index contributed by atoms with van der Waals surface area (Å²) in [6.45, 7) is 15.7. The predicted octanol–water partition coefficient (Wildman–Crippen LogP) is 3.72. The first-order valence-corrected chi connectivity index (χ1v) is 12.5. The summed E-state index contributed by atoms with van der Waals surface area (Å²) in [4.78, 5) is 13.0. The van der Waals surface area contributed by atoms with Crippen molar-refractivity contribution in [3.63, 3.8) is 0 Å². The van der Waals surface area contributed by atoms with Gasteiger partial charge in [-0.2, -0.15) is 0 Å². The summed E-state index contributed by atoms with van der Waals surface area (Å²) in [6.07, 6.45) is -0.0430. The maximum absolute atomic E-state index is 11.7. The average Bonchev–Trinajstić information content (AvgIpc) is 2.70. The van der Waals surface area contributed by atoms with E-state index in [1.54, 1.807) is 6.92 Å². The topological polar surface area (TPSA) is 78.1 Å². The molecule has 0 amide bonds. The van der Waals surface area contributed by atoms with Crippen LogP contribution in [0.1, 0.15) is 68.2 Å². The lowest BCUT2D eigenvalue weighted by Gasteiger charge is -2.50. The summed E-state index contributed by atoms with van der Waals surface area (Å²) in [7, 11) is 0. The number of hydrogen-bond donors (Lipinski definition) is 2. The van der Waals surface area contributed by atoms with E-state index in [1.807, 2.05) is 13.8 Å². The highest BCUT2D eigenvalue weighted by atomic mass is 32.1. The van der Waals surface area contributed by atoms with Crippen LogP contribution in [0.2, 0.25) is 0 Å². The van der Waals surface area contributed by atoms with Crippen LogP contribution in [0.3, 0.4) is 0 Å². The van der Waals surface area contributed by atoms with Crippen LogP contribution in [0.25, 0.3) is 0 Å². The number of hydrogen-bond acceptors (Lipinski definition) is 7. The molecule has 0 bridgehead atoms. The van der Waals surface area contributed by atoms with Gasteiger partial charge in [-0.15, -0.1) is 0 Å². The van der Waals surface area contributed by atoms with Crippen molar-refractivity contribution >= 4 is 40.4 Å². The van der Waals surface area contributed by atoms with Crippen molar-refractivity contribution in [3.8, 4) is 0 Å². The zero-order valence-corrected chi connectivity index (χ0v) is 22.2. The van der Waals surface area contributed by atoms with Gasteiger partial charge < -0.3 is 29.6 Å². The Balaban J connectivity index is 2.32. The summed E-state index contributed by atoms with van der Waals surface area (Å²) in [5, 5.41) is 6.66. The maximum atomic E-state index is 11.7. The molecule has 0 aromatic rings. The quantitative estimate of drug-likeness (QED) is 0.412. The van der Waals surface area contributed by atoms with Crippen LogP contribution < -0.4 is 10.6 Å². The molecule has 9 heteroatoms. The Hall–Kier alpha value is -0.870. The highest BCUT2D eigenvalue weighted by Gasteiger charge is 2.49. The van der Waals surface area contributed by atoms with Gasteiger partial charge in [-0.3, -0.25) is 4.79 Å². The zero-order chi connectivity index (χ0) is 24.2. The second-order valence-electron chi connectivity index (χ2n) is 9.14. The minimum absolute atomic E-state index is 0.0523. The summed E-state index contributed by atoms with van der Waals surface area (Å²) in [5.74, 6) is 0.232. The number of ether oxygens (including phenoxy) is 4. The molecule has 2 rings (SSSR count). The van der Waals surface area contributed by atoms with Crippen LogP contribution in [0.15, 0.2) is 0 Å². The Morgan fingerprint density at radius 1 is 0.812 bits per heavy atom. The molecule has 0 aromatic heterocycles. The molecule has 2 heterocycles. The van der Waals surface area contributed by atoms with Crippen molar-refractivity contribution in [1.82, 2.24) is 10.6 Å². The first kappa shape index (κ1) is 27.4. The SMILES string of the molecule is CCC1OC(OC(C)=O)[C@H](NC(C)=S)C(C)[C@H]1O[C@@H]1OC(CC)[C@@H](C)[C@H](C)C1NC(C)=S. The van der Waals surface area contributed by atoms with Crippen LogP contribution >= 0.6 is 24.4 Å². The van der Waals surface area contributed by atoms with E-state index in [4.69, 9.17) is 43.4 Å². The minimum Gasteiger partial charge on any atom is -0.434 e.